The molecule has 116 valence electrons. The highest BCUT2D eigenvalue weighted by atomic mass is 16.5. The fraction of sp³-hybridized carbons (Fsp3) is 0.412. The Hall–Kier alpha value is -2.14. The average molecular weight is 299 g/mol. The lowest BCUT2D eigenvalue weighted by Gasteiger charge is -2.31. The third-order valence-corrected chi connectivity index (χ3v) is 4.18. The summed E-state index contributed by atoms with van der Waals surface area (Å²) in [4.78, 5) is 14.4. The van der Waals surface area contributed by atoms with Crippen LogP contribution >= 0.6 is 0 Å². The lowest BCUT2D eigenvalue weighted by Crippen LogP contribution is -2.39. The van der Waals surface area contributed by atoms with Gasteiger partial charge in [-0.25, -0.2) is 0 Å². The van der Waals surface area contributed by atoms with Crippen molar-refractivity contribution in [3.05, 3.63) is 42.1 Å². The Morgan fingerprint density at radius 1 is 1.32 bits per heavy atom. The first-order valence-electron chi connectivity index (χ1n) is 7.67. The van der Waals surface area contributed by atoms with E-state index in [0.717, 1.165) is 43.8 Å². The molecule has 0 bridgehead atoms. The van der Waals surface area contributed by atoms with Gasteiger partial charge in [-0.05, 0) is 24.8 Å². The van der Waals surface area contributed by atoms with Crippen LogP contribution in [0.1, 0.15) is 23.3 Å². The fourth-order valence-corrected chi connectivity index (χ4v) is 2.90. The Bertz CT molecular complexity index is 616. The van der Waals surface area contributed by atoms with Crippen LogP contribution in [0.25, 0.3) is 11.3 Å². The largest absolute Gasteiger partial charge is 0.384 e. The molecule has 1 aliphatic heterocycles. The monoisotopic (exact) mass is 299 g/mol. The number of rotatable bonds is 4. The van der Waals surface area contributed by atoms with E-state index in [-0.39, 0.29) is 5.91 Å². The molecule has 1 aliphatic rings. The van der Waals surface area contributed by atoms with Crippen molar-refractivity contribution in [2.75, 3.05) is 26.8 Å². The third-order valence-electron chi connectivity index (χ3n) is 4.18. The summed E-state index contributed by atoms with van der Waals surface area (Å²) in [5.74, 6) is 0.598. The van der Waals surface area contributed by atoms with Gasteiger partial charge in [0.2, 0.25) is 0 Å². The van der Waals surface area contributed by atoms with Gasteiger partial charge in [0, 0.05) is 32.4 Å². The van der Waals surface area contributed by atoms with Crippen LogP contribution in [0.15, 0.2) is 36.4 Å². The normalized spacial score (nSPS) is 16.0. The second kappa shape index (κ2) is 6.75. The minimum Gasteiger partial charge on any atom is -0.384 e. The van der Waals surface area contributed by atoms with Gasteiger partial charge in [0.1, 0.15) is 5.69 Å². The Morgan fingerprint density at radius 2 is 2.05 bits per heavy atom. The summed E-state index contributed by atoms with van der Waals surface area (Å²) in [7, 11) is 1.73. The number of likely N-dealkylation sites (tertiary alicyclic amines) is 1. The minimum absolute atomic E-state index is 0.0329. The summed E-state index contributed by atoms with van der Waals surface area (Å²) in [5.41, 5.74) is 2.37. The Kier molecular flexibility index (Phi) is 4.53. The van der Waals surface area contributed by atoms with Crippen molar-refractivity contribution in [3.63, 3.8) is 0 Å². The number of hydrogen-bond donors (Lipinski definition) is 1. The zero-order valence-electron chi connectivity index (χ0n) is 12.8. The molecule has 3 rings (SSSR count). The zero-order chi connectivity index (χ0) is 15.4. The Labute approximate surface area is 130 Å². The smallest absolute Gasteiger partial charge is 0.271 e. The van der Waals surface area contributed by atoms with E-state index in [1.165, 1.54) is 0 Å². The number of nitrogens with one attached hydrogen (secondary N) is 1. The number of aromatic nitrogens is 2. The molecule has 0 atom stereocenters. The van der Waals surface area contributed by atoms with Gasteiger partial charge < -0.3 is 9.64 Å². The second-order valence-electron chi connectivity index (χ2n) is 5.72. The molecule has 0 spiro atoms. The number of methoxy groups -OCH3 is 1. The van der Waals surface area contributed by atoms with E-state index >= 15 is 0 Å². The molecule has 0 saturated carbocycles. The number of aromatic amines is 1. The first kappa shape index (κ1) is 14.8. The van der Waals surface area contributed by atoms with Gasteiger partial charge in [-0.3, -0.25) is 9.89 Å². The number of hydrogen-bond acceptors (Lipinski definition) is 3. The number of H-pyrrole nitrogens is 1. The zero-order valence-corrected chi connectivity index (χ0v) is 12.8. The summed E-state index contributed by atoms with van der Waals surface area (Å²) in [6.07, 6.45) is 2.00. The number of ether oxygens (including phenoxy) is 1. The topological polar surface area (TPSA) is 58.2 Å². The standard InChI is InChI=1S/C17H21N3O2/c1-22-12-13-7-9-20(10-8-13)17(21)16-11-15(18-19-16)14-5-3-2-4-6-14/h2-6,11,13H,7-10,12H2,1H3,(H,18,19). The van der Waals surface area contributed by atoms with Gasteiger partial charge in [0.25, 0.3) is 5.91 Å². The van der Waals surface area contributed by atoms with Gasteiger partial charge in [-0.15, -0.1) is 0 Å². The molecule has 2 heterocycles. The molecule has 0 unspecified atom stereocenters. The quantitative estimate of drug-likeness (QED) is 0.944. The number of amides is 1. The average Bonchev–Trinajstić information content (AvgIpc) is 3.06. The summed E-state index contributed by atoms with van der Waals surface area (Å²) in [5, 5.41) is 7.13. The summed E-state index contributed by atoms with van der Waals surface area (Å²) < 4.78 is 5.19. The molecular weight excluding hydrogens is 278 g/mol. The molecule has 1 N–H and O–H groups in total. The van der Waals surface area contributed by atoms with Crippen LogP contribution in [-0.2, 0) is 4.74 Å². The molecule has 22 heavy (non-hydrogen) atoms. The van der Waals surface area contributed by atoms with Crippen molar-refractivity contribution in [1.82, 2.24) is 15.1 Å². The molecule has 1 saturated heterocycles. The van der Waals surface area contributed by atoms with Crippen molar-refractivity contribution in [1.29, 1.82) is 0 Å². The van der Waals surface area contributed by atoms with E-state index in [4.69, 9.17) is 4.74 Å². The Balaban J connectivity index is 1.65. The highest BCUT2D eigenvalue weighted by molar-refractivity contribution is 5.93. The molecule has 0 radical (unpaired) electrons. The highest BCUT2D eigenvalue weighted by Gasteiger charge is 2.24. The number of carbonyl (C=O) groups excluding carboxylic acids is 1. The summed E-state index contributed by atoms with van der Waals surface area (Å²) in [6.45, 7) is 2.35. The number of piperidine rings is 1. The van der Waals surface area contributed by atoms with Crippen LogP contribution in [-0.4, -0.2) is 47.8 Å². The Morgan fingerprint density at radius 3 is 2.73 bits per heavy atom. The highest BCUT2D eigenvalue weighted by Crippen LogP contribution is 2.21. The number of benzene rings is 1. The van der Waals surface area contributed by atoms with E-state index in [1.54, 1.807) is 7.11 Å². The van der Waals surface area contributed by atoms with Crippen LogP contribution in [0.5, 0.6) is 0 Å². The fourth-order valence-electron chi connectivity index (χ4n) is 2.90. The van der Waals surface area contributed by atoms with Gasteiger partial charge in [0.05, 0.1) is 5.69 Å². The SMILES string of the molecule is COCC1CCN(C(=O)c2cc(-c3ccccc3)n[nH]2)CC1. The van der Waals surface area contributed by atoms with Crippen LogP contribution < -0.4 is 0 Å². The van der Waals surface area contributed by atoms with E-state index in [9.17, 15) is 4.79 Å². The molecule has 1 aromatic carbocycles. The molecule has 2 aromatic rings. The van der Waals surface area contributed by atoms with Crippen molar-refractivity contribution >= 4 is 5.91 Å². The van der Waals surface area contributed by atoms with Crippen molar-refractivity contribution in [3.8, 4) is 11.3 Å². The van der Waals surface area contributed by atoms with Crippen molar-refractivity contribution in [2.24, 2.45) is 5.92 Å². The predicted molar refractivity (Wildman–Crippen MR) is 84.5 cm³/mol. The lowest BCUT2D eigenvalue weighted by molar-refractivity contribution is 0.0608. The van der Waals surface area contributed by atoms with Gasteiger partial charge in [-0.2, -0.15) is 5.10 Å². The lowest BCUT2D eigenvalue weighted by atomic mass is 9.97. The van der Waals surface area contributed by atoms with Crippen LogP contribution in [0.3, 0.4) is 0 Å². The van der Waals surface area contributed by atoms with Crippen LogP contribution in [0, 0.1) is 5.92 Å². The molecular formula is C17H21N3O2. The molecule has 5 nitrogen and oxygen atoms in total. The third kappa shape index (κ3) is 3.20. The van der Waals surface area contributed by atoms with Crippen LogP contribution in [0.2, 0.25) is 0 Å². The van der Waals surface area contributed by atoms with E-state index < -0.39 is 0 Å². The second-order valence-corrected chi connectivity index (χ2v) is 5.72. The summed E-state index contributed by atoms with van der Waals surface area (Å²) >= 11 is 0. The number of nitrogens with zero attached hydrogens (tertiary/aromatic N) is 2. The maximum atomic E-state index is 12.5. The maximum Gasteiger partial charge on any atom is 0.271 e. The predicted octanol–water partition coefficient (Wildman–Crippen LogP) is 2.58. The minimum atomic E-state index is 0.0329. The molecule has 1 fully saturated rings. The first-order valence-corrected chi connectivity index (χ1v) is 7.67. The molecule has 0 aliphatic carbocycles. The van der Waals surface area contributed by atoms with Crippen molar-refractivity contribution in [2.45, 2.75) is 12.8 Å². The first-order chi connectivity index (χ1) is 10.8. The summed E-state index contributed by atoms with van der Waals surface area (Å²) in [6, 6.07) is 11.7. The molecule has 1 aromatic heterocycles. The van der Waals surface area contributed by atoms with Gasteiger partial charge >= 0.3 is 0 Å². The molecule has 5 heteroatoms. The van der Waals surface area contributed by atoms with Crippen molar-refractivity contribution < 1.29 is 9.53 Å². The number of carbonyl (C=O) groups is 1. The van der Waals surface area contributed by atoms with Crippen LogP contribution in [0.4, 0.5) is 0 Å². The van der Waals surface area contributed by atoms with Gasteiger partial charge in [-0.1, -0.05) is 30.3 Å². The van der Waals surface area contributed by atoms with Gasteiger partial charge in [0.15, 0.2) is 0 Å². The maximum absolute atomic E-state index is 12.5. The van der Waals surface area contributed by atoms with E-state index in [0.29, 0.717) is 11.6 Å². The van der Waals surface area contributed by atoms with E-state index in [1.807, 2.05) is 41.3 Å². The van der Waals surface area contributed by atoms with E-state index in [2.05, 4.69) is 10.2 Å². The molecule has 1 amide bonds.